The highest BCUT2D eigenvalue weighted by Crippen LogP contribution is 2.11. The number of cyclic esters (lactones) is 1. The molecule has 1 aliphatic heterocycles. The fraction of sp³-hybridized carbons (Fsp3) is 0.357. The molecule has 2 rings (SSSR count). The number of esters is 1. The lowest BCUT2D eigenvalue weighted by atomic mass is 10.4. The van der Waals surface area contributed by atoms with E-state index in [2.05, 4.69) is 4.74 Å². The Morgan fingerprint density at radius 3 is 2.52 bits per heavy atom. The maximum Gasteiger partial charge on any atom is 0.416 e. The largest absolute Gasteiger partial charge is 0.456 e. The summed E-state index contributed by atoms with van der Waals surface area (Å²) in [6.07, 6.45) is -1.16. The van der Waals surface area contributed by atoms with E-state index in [1.54, 1.807) is 18.2 Å². The van der Waals surface area contributed by atoms with E-state index in [4.69, 9.17) is 4.74 Å². The predicted octanol–water partition coefficient (Wildman–Crippen LogP) is 0.372. The van der Waals surface area contributed by atoms with Crippen LogP contribution in [0.4, 0.5) is 4.79 Å². The molecule has 0 aromatic heterocycles. The van der Waals surface area contributed by atoms with Crippen LogP contribution in [0.3, 0.4) is 0 Å². The third-order valence-electron chi connectivity index (χ3n) is 3.10. The van der Waals surface area contributed by atoms with Crippen LogP contribution < -0.4 is 0 Å². The van der Waals surface area contributed by atoms with Gasteiger partial charge in [-0.15, -0.1) is 0 Å². The Morgan fingerprint density at radius 2 is 1.91 bits per heavy atom. The summed E-state index contributed by atoms with van der Waals surface area (Å²) >= 11 is 0. The number of hydrogen-bond donors (Lipinski definition) is 0. The number of sulfone groups is 1. The standard InChI is InChI=1S/C14H15NO7S/c16-12(15-7-8-21-14(15)18)10-22-13(17)6-9-23(19,20)11-4-2-1-3-5-11/h1-5H,6-10H2. The summed E-state index contributed by atoms with van der Waals surface area (Å²) in [5.41, 5.74) is 0. The number of benzene rings is 1. The first kappa shape index (κ1) is 16.9. The van der Waals surface area contributed by atoms with Gasteiger partial charge in [-0.3, -0.25) is 9.59 Å². The van der Waals surface area contributed by atoms with Crippen LogP contribution in [0, 0.1) is 0 Å². The summed E-state index contributed by atoms with van der Waals surface area (Å²) < 4.78 is 33.2. The zero-order valence-electron chi connectivity index (χ0n) is 12.1. The summed E-state index contributed by atoms with van der Waals surface area (Å²) in [6, 6.07) is 7.71. The zero-order chi connectivity index (χ0) is 16.9. The van der Waals surface area contributed by atoms with Crippen LogP contribution in [0.5, 0.6) is 0 Å². The molecule has 1 aromatic carbocycles. The molecule has 1 fully saturated rings. The molecule has 124 valence electrons. The van der Waals surface area contributed by atoms with E-state index in [0.29, 0.717) is 0 Å². The Kier molecular flexibility index (Phi) is 5.32. The minimum Gasteiger partial charge on any atom is -0.456 e. The number of nitrogens with zero attached hydrogens (tertiary/aromatic N) is 1. The Labute approximate surface area is 132 Å². The van der Waals surface area contributed by atoms with Crippen molar-refractivity contribution in [3.63, 3.8) is 0 Å². The molecule has 0 bridgehead atoms. The number of amides is 2. The molecule has 0 N–H and O–H groups in total. The van der Waals surface area contributed by atoms with Crippen molar-refractivity contribution in [3.05, 3.63) is 30.3 Å². The van der Waals surface area contributed by atoms with E-state index in [-0.39, 0.29) is 24.5 Å². The van der Waals surface area contributed by atoms with Crippen molar-refractivity contribution in [2.24, 2.45) is 0 Å². The van der Waals surface area contributed by atoms with Crippen LogP contribution in [-0.4, -0.2) is 56.8 Å². The van der Waals surface area contributed by atoms with Gasteiger partial charge in [-0.1, -0.05) is 18.2 Å². The molecule has 1 saturated heterocycles. The molecule has 0 unspecified atom stereocenters. The minimum absolute atomic E-state index is 0.105. The van der Waals surface area contributed by atoms with Crippen molar-refractivity contribution in [1.29, 1.82) is 0 Å². The molecule has 23 heavy (non-hydrogen) atoms. The summed E-state index contributed by atoms with van der Waals surface area (Å²) in [7, 11) is -3.59. The molecule has 0 saturated carbocycles. The predicted molar refractivity (Wildman–Crippen MR) is 77.1 cm³/mol. The molecule has 9 heteroatoms. The van der Waals surface area contributed by atoms with Crippen molar-refractivity contribution in [1.82, 2.24) is 4.90 Å². The van der Waals surface area contributed by atoms with Gasteiger partial charge >= 0.3 is 12.1 Å². The van der Waals surface area contributed by atoms with Crippen LogP contribution in [0.1, 0.15) is 6.42 Å². The average Bonchev–Trinajstić information content (AvgIpc) is 2.98. The molecule has 1 heterocycles. The van der Waals surface area contributed by atoms with E-state index in [1.165, 1.54) is 12.1 Å². The number of carbonyl (C=O) groups is 3. The van der Waals surface area contributed by atoms with Gasteiger partial charge in [0.25, 0.3) is 5.91 Å². The molecule has 0 spiro atoms. The van der Waals surface area contributed by atoms with Crippen molar-refractivity contribution in [2.75, 3.05) is 25.5 Å². The van der Waals surface area contributed by atoms with Crippen molar-refractivity contribution in [3.8, 4) is 0 Å². The lowest BCUT2D eigenvalue weighted by Crippen LogP contribution is -2.35. The first-order chi connectivity index (χ1) is 10.9. The van der Waals surface area contributed by atoms with E-state index < -0.39 is 40.2 Å². The van der Waals surface area contributed by atoms with Crippen LogP contribution in [0.2, 0.25) is 0 Å². The lowest BCUT2D eigenvalue weighted by Gasteiger charge is -2.10. The number of hydrogen-bond acceptors (Lipinski definition) is 7. The van der Waals surface area contributed by atoms with Crippen molar-refractivity contribution < 1.29 is 32.3 Å². The van der Waals surface area contributed by atoms with Gasteiger partial charge < -0.3 is 9.47 Å². The SMILES string of the molecule is O=C(CCS(=O)(=O)c1ccccc1)OCC(=O)N1CCOC1=O. The highest BCUT2D eigenvalue weighted by atomic mass is 32.2. The maximum absolute atomic E-state index is 12.0. The van der Waals surface area contributed by atoms with E-state index in [9.17, 15) is 22.8 Å². The quantitative estimate of drug-likeness (QED) is 0.688. The van der Waals surface area contributed by atoms with E-state index >= 15 is 0 Å². The molecule has 0 aliphatic carbocycles. The highest BCUT2D eigenvalue weighted by Gasteiger charge is 2.29. The number of imide groups is 1. The molecule has 8 nitrogen and oxygen atoms in total. The van der Waals surface area contributed by atoms with Gasteiger partial charge in [-0.25, -0.2) is 18.1 Å². The fourth-order valence-electron chi connectivity index (χ4n) is 1.88. The lowest BCUT2D eigenvalue weighted by molar-refractivity contribution is -0.150. The molecular weight excluding hydrogens is 326 g/mol. The Bertz CT molecular complexity index is 699. The van der Waals surface area contributed by atoms with Gasteiger partial charge in [0, 0.05) is 0 Å². The van der Waals surface area contributed by atoms with Gasteiger partial charge in [-0.05, 0) is 12.1 Å². The molecule has 2 amide bonds. The minimum atomic E-state index is -3.59. The summed E-state index contributed by atoms with van der Waals surface area (Å²) in [6.45, 7) is -0.412. The van der Waals surface area contributed by atoms with Gasteiger partial charge in [0.2, 0.25) is 0 Å². The van der Waals surface area contributed by atoms with Crippen molar-refractivity contribution >= 4 is 27.8 Å². The first-order valence-corrected chi connectivity index (χ1v) is 8.46. The normalized spacial score (nSPS) is 14.4. The summed E-state index contributed by atoms with van der Waals surface area (Å²) in [5, 5.41) is 0. The van der Waals surface area contributed by atoms with E-state index in [1.807, 2.05) is 0 Å². The van der Waals surface area contributed by atoms with Crippen LogP contribution in [0.25, 0.3) is 0 Å². The Balaban J connectivity index is 1.79. The first-order valence-electron chi connectivity index (χ1n) is 6.81. The van der Waals surface area contributed by atoms with E-state index in [0.717, 1.165) is 4.90 Å². The average molecular weight is 341 g/mol. The molecule has 1 aromatic rings. The maximum atomic E-state index is 12.0. The highest BCUT2D eigenvalue weighted by molar-refractivity contribution is 7.91. The summed E-state index contributed by atoms with van der Waals surface area (Å²) in [5.74, 6) is -1.95. The van der Waals surface area contributed by atoms with Crippen LogP contribution >= 0.6 is 0 Å². The third-order valence-corrected chi connectivity index (χ3v) is 4.83. The fourth-order valence-corrected chi connectivity index (χ4v) is 3.12. The Morgan fingerprint density at radius 1 is 1.22 bits per heavy atom. The van der Waals surface area contributed by atoms with Gasteiger partial charge in [-0.2, -0.15) is 0 Å². The topological polar surface area (TPSA) is 107 Å². The van der Waals surface area contributed by atoms with Crippen molar-refractivity contribution in [2.45, 2.75) is 11.3 Å². The second-order valence-electron chi connectivity index (χ2n) is 4.70. The second-order valence-corrected chi connectivity index (χ2v) is 6.81. The molecular formula is C14H15NO7S. The number of rotatable bonds is 6. The van der Waals surface area contributed by atoms with Gasteiger partial charge in [0.1, 0.15) is 6.61 Å². The Hall–Kier alpha value is -2.42. The smallest absolute Gasteiger partial charge is 0.416 e. The number of carbonyl (C=O) groups excluding carboxylic acids is 3. The summed E-state index contributed by atoms with van der Waals surface area (Å²) in [4.78, 5) is 35.2. The monoisotopic (exact) mass is 341 g/mol. The molecule has 0 atom stereocenters. The molecule has 1 aliphatic rings. The van der Waals surface area contributed by atoms with Crippen LogP contribution in [0.15, 0.2) is 35.2 Å². The third kappa shape index (κ3) is 4.52. The van der Waals surface area contributed by atoms with Gasteiger partial charge in [0.05, 0.1) is 23.6 Å². The number of ether oxygens (including phenoxy) is 2. The van der Waals surface area contributed by atoms with Gasteiger partial charge in [0.15, 0.2) is 16.4 Å². The second kappa shape index (κ2) is 7.23. The zero-order valence-corrected chi connectivity index (χ0v) is 13.0. The van der Waals surface area contributed by atoms with Crippen LogP contribution in [-0.2, 0) is 28.9 Å². The molecule has 0 radical (unpaired) electrons.